The Kier molecular flexibility index (Phi) is 6.67. The van der Waals surface area contributed by atoms with Crippen LogP contribution in [-0.2, 0) is 11.3 Å². The highest BCUT2D eigenvalue weighted by Crippen LogP contribution is 2.35. The molecule has 0 aliphatic rings. The number of anilines is 2. The molecule has 0 saturated heterocycles. The van der Waals surface area contributed by atoms with E-state index in [-0.39, 0.29) is 11.9 Å². The maximum Gasteiger partial charge on any atom is 0.230 e. The van der Waals surface area contributed by atoms with Crippen LogP contribution in [0.4, 0.5) is 10.8 Å². The third-order valence-corrected chi connectivity index (χ3v) is 5.67. The second-order valence-corrected chi connectivity index (χ2v) is 7.64. The molecule has 1 aromatic heterocycles. The van der Waals surface area contributed by atoms with Gasteiger partial charge in [-0.3, -0.25) is 9.69 Å². The van der Waals surface area contributed by atoms with Crippen LogP contribution < -0.4 is 15.0 Å². The average molecular weight is 417 g/mol. The third kappa shape index (κ3) is 4.52. The molecular weight excluding hydrogens is 394 g/mol. The minimum absolute atomic E-state index is 0.112. The number of hydrogen-bond acceptors (Lipinski definition) is 4. The van der Waals surface area contributed by atoms with Crippen molar-refractivity contribution >= 4 is 39.7 Å². The van der Waals surface area contributed by atoms with Gasteiger partial charge in [0.05, 0.1) is 12.8 Å². The Bertz CT molecular complexity index is 960. The van der Waals surface area contributed by atoms with Gasteiger partial charge in [0.2, 0.25) is 5.91 Å². The number of carbonyl (C=O) groups is 1. The van der Waals surface area contributed by atoms with E-state index in [1.165, 1.54) is 18.3 Å². The van der Waals surface area contributed by atoms with Gasteiger partial charge in [0.25, 0.3) is 0 Å². The number of rotatable bonds is 7. The lowest BCUT2D eigenvalue weighted by Gasteiger charge is -2.20. The summed E-state index contributed by atoms with van der Waals surface area (Å²) in [7, 11) is 1.59. The minimum Gasteiger partial charge on any atom is -0.495 e. The Morgan fingerprint density at radius 2 is 1.96 bits per heavy atom. The first-order chi connectivity index (χ1) is 13.5. The van der Waals surface area contributed by atoms with Crippen LogP contribution >= 0.6 is 22.9 Å². The summed E-state index contributed by atoms with van der Waals surface area (Å²) in [5.41, 5.74) is 2.70. The van der Waals surface area contributed by atoms with Crippen molar-refractivity contribution in [2.45, 2.75) is 26.4 Å². The zero-order chi connectivity index (χ0) is 20.1. The molecule has 1 heterocycles. The smallest absolute Gasteiger partial charge is 0.230 e. The topological polar surface area (TPSA) is 59.0 Å². The van der Waals surface area contributed by atoms with Gasteiger partial charge < -0.3 is 10.1 Å². The van der Waals surface area contributed by atoms with Crippen LogP contribution in [0.3, 0.4) is 0 Å². The molecule has 146 valence electrons. The van der Waals surface area contributed by atoms with Crippen molar-refractivity contribution in [2.75, 3.05) is 12.0 Å². The molecule has 7 heteroatoms. The molecular formula is C21H23ClN3O2S+. The number of hydrogen-bond donors (Lipinski definition) is 1. The fourth-order valence-electron chi connectivity index (χ4n) is 2.98. The van der Waals surface area contributed by atoms with Crippen molar-refractivity contribution in [3.8, 4) is 5.75 Å². The number of aromatic nitrogens is 1. The number of ether oxygens (including phenoxy) is 1. The largest absolute Gasteiger partial charge is 0.495 e. The molecule has 0 fully saturated rings. The number of thiazole rings is 1. The molecule has 0 bridgehead atoms. The van der Waals surface area contributed by atoms with Gasteiger partial charge in [-0.15, -0.1) is 11.3 Å². The van der Waals surface area contributed by atoms with Gasteiger partial charge in [0.15, 0.2) is 5.13 Å². The number of quaternary nitrogens is 1. The fraction of sp³-hybridized carbons (Fsp3) is 0.238. The van der Waals surface area contributed by atoms with E-state index in [0.29, 0.717) is 23.1 Å². The number of amides is 1. The van der Waals surface area contributed by atoms with Gasteiger partial charge in [-0.05, 0) is 25.1 Å². The maximum absolute atomic E-state index is 12.3. The summed E-state index contributed by atoms with van der Waals surface area (Å²) in [6.07, 6.45) is 0. The van der Waals surface area contributed by atoms with E-state index in [0.717, 1.165) is 16.3 Å². The molecule has 0 radical (unpaired) electrons. The van der Waals surface area contributed by atoms with Gasteiger partial charge in [-0.25, -0.2) is 4.98 Å². The summed E-state index contributed by atoms with van der Waals surface area (Å²) in [6, 6.07) is 15.5. The van der Waals surface area contributed by atoms with Crippen molar-refractivity contribution < 1.29 is 14.8 Å². The first-order valence-electron chi connectivity index (χ1n) is 8.97. The van der Waals surface area contributed by atoms with E-state index in [2.05, 4.69) is 17.2 Å². The third-order valence-electron chi connectivity index (χ3n) is 4.45. The lowest BCUT2D eigenvalue weighted by atomic mass is 10.1. The van der Waals surface area contributed by atoms with E-state index in [1.54, 1.807) is 12.0 Å². The SMILES string of the molecule is COc1ccccc1N(C(C)=O)c1nc(C[NH2+][C@@H](C)c2ccccc2Cl)cs1. The number of carbonyl (C=O) groups excluding carboxylic acids is 1. The highest BCUT2D eigenvalue weighted by Gasteiger charge is 2.22. The first-order valence-corrected chi connectivity index (χ1v) is 10.2. The summed E-state index contributed by atoms with van der Waals surface area (Å²) >= 11 is 7.73. The molecule has 3 aromatic rings. The second-order valence-electron chi connectivity index (χ2n) is 6.40. The van der Waals surface area contributed by atoms with Crippen molar-refractivity contribution in [2.24, 2.45) is 0 Å². The van der Waals surface area contributed by atoms with Gasteiger partial charge in [-0.2, -0.15) is 0 Å². The van der Waals surface area contributed by atoms with E-state index in [4.69, 9.17) is 16.3 Å². The van der Waals surface area contributed by atoms with Crippen LogP contribution in [0.2, 0.25) is 5.02 Å². The Hall–Kier alpha value is -2.41. The molecule has 2 N–H and O–H groups in total. The zero-order valence-corrected chi connectivity index (χ0v) is 17.6. The molecule has 5 nitrogen and oxygen atoms in total. The highest BCUT2D eigenvalue weighted by molar-refractivity contribution is 7.14. The molecule has 1 amide bonds. The van der Waals surface area contributed by atoms with Crippen LogP contribution in [0.25, 0.3) is 0 Å². The van der Waals surface area contributed by atoms with Crippen molar-refractivity contribution in [1.82, 2.24) is 4.98 Å². The van der Waals surface area contributed by atoms with Crippen LogP contribution in [0.1, 0.15) is 31.1 Å². The Labute approximate surface area is 173 Å². The minimum atomic E-state index is -0.112. The number of nitrogens with zero attached hydrogens (tertiary/aromatic N) is 2. The molecule has 0 spiro atoms. The molecule has 0 aliphatic heterocycles. The predicted octanol–water partition coefficient (Wildman–Crippen LogP) is 4.31. The van der Waals surface area contributed by atoms with Crippen LogP contribution in [-0.4, -0.2) is 18.0 Å². The maximum atomic E-state index is 12.3. The van der Waals surface area contributed by atoms with E-state index < -0.39 is 0 Å². The van der Waals surface area contributed by atoms with Crippen LogP contribution in [0.5, 0.6) is 5.75 Å². The van der Waals surface area contributed by atoms with E-state index in [9.17, 15) is 4.79 Å². The number of para-hydroxylation sites is 2. The lowest BCUT2D eigenvalue weighted by Crippen LogP contribution is -2.83. The average Bonchev–Trinajstić information content (AvgIpc) is 3.15. The lowest BCUT2D eigenvalue weighted by molar-refractivity contribution is -0.708. The summed E-state index contributed by atoms with van der Waals surface area (Å²) in [5.74, 6) is 0.521. The summed E-state index contributed by atoms with van der Waals surface area (Å²) in [5, 5.41) is 5.56. The van der Waals surface area contributed by atoms with E-state index >= 15 is 0 Å². The first kappa shape index (κ1) is 20.3. The summed E-state index contributed by atoms with van der Waals surface area (Å²) < 4.78 is 5.41. The summed E-state index contributed by atoms with van der Waals surface area (Å²) in [4.78, 5) is 18.6. The molecule has 1 atom stereocenters. The molecule has 0 aliphatic carbocycles. The number of benzene rings is 2. The Morgan fingerprint density at radius 1 is 1.25 bits per heavy atom. The molecule has 28 heavy (non-hydrogen) atoms. The van der Waals surface area contributed by atoms with Gasteiger partial charge in [0.1, 0.15) is 24.0 Å². The Morgan fingerprint density at radius 3 is 2.68 bits per heavy atom. The van der Waals surface area contributed by atoms with Gasteiger partial charge >= 0.3 is 0 Å². The molecule has 0 unspecified atom stereocenters. The molecule has 3 rings (SSSR count). The van der Waals surface area contributed by atoms with Gasteiger partial charge in [-0.1, -0.05) is 41.9 Å². The number of methoxy groups -OCH3 is 1. The van der Waals surface area contributed by atoms with E-state index in [1.807, 2.05) is 53.9 Å². The standard InChI is InChI=1S/C21H22ClN3O2S/c1-14(17-8-4-5-9-18(17)22)23-12-16-13-28-21(24-16)25(15(2)26)19-10-6-7-11-20(19)27-3/h4-11,13-14,23H,12H2,1-3H3/p+1/t14-/m0/s1. The van der Waals surface area contributed by atoms with Crippen LogP contribution in [0, 0.1) is 0 Å². The molecule has 0 saturated carbocycles. The summed E-state index contributed by atoms with van der Waals surface area (Å²) in [6.45, 7) is 4.34. The number of halogens is 1. The zero-order valence-electron chi connectivity index (χ0n) is 16.1. The highest BCUT2D eigenvalue weighted by atomic mass is 35.5. The normalized spacial score (nSPS) is 11.9. The predicted molar refractivity (Wildman–Crippen MR) is 113 cm³/mol. The monoisotopic (exact) mass is 416 g/mol. The fourth-order valence-corrected chi connectivity index (χ4v) is 4.18. The molecule has 2 aromatic carbocycles. The van der Waals surface area contributed by atoms with Crippen molar-refractivity contribution in [3.05, 3.63) is 70.2 Å². The van der Waals surface area contributed by atoms with Crippen molar-refractivity contribution in [3.63, 3.8) is 0 Å². The van der Waals surface area contributed by atoms with Crippen LogP contribution in [0.15, 0.2) is 53.9 Å². The van der Waals surface area contributed by atoms with Gasteiger partial charge in [0, 0.05) is 22.9 Å². The second kappa shape index (κ2) is 9.19. The quantitative estimate of drug-likeness (QED) is 0.624. The number of nitrogens with two attached hydrogens (primary N) is 1. The van der Waals surface area contributed by atoms with Crippen molar-refractivity contribution in [1.29, 1.82) is 0 Å². The Balaban J connectivity index is 1.76.